The summed E-state index contributed by atoms with van der Waals surface area (Å²) in [4.78, 5) is 43.5. The minimum Gasteiger partial charge on any atom is -0.481 e. The lowest BCUT2D eigenvalue weighted by atomic mass is 9.98. The Balaban J connectivity index is 1.33. The van der Waals surface area contributed by atoms with Gasteiger partial charge in [-0.2, -0.15) is 0 Å². The van der Waals surface area contributed by atoms with Crippen LogP contribution in [0.4, 0.5) is 21.3 Å². The molecule has 0 bridgehead atoms. The Morgan fingerprint density at radius 2 is 2.00 bits per heavy atom. The Bertz CT molecular complexity index is 979. The van der Waals surface area contributed by atoms with Crippen LogP contribution < -0.4 is 20.9 Å². The van der Waals surface area contributed by atoms with E-state index in [1.54, 1.807) is 0 Å². The van der Waals surface area contributed by atoms with Crippen molar-refractivity contribution in [3.8, 4) is 0 Å². The number of benzene rings is 1. The minimum atomic E-state index is -0.766. The number of aliphatic carboxylic acids is 1. The second-order valence-electron chi connectivity index (χ2n) is 7.53. The largest absolute Gasteiger partial charge is 0.481 e. The van der Waals surface area contributed by atoms with Crippen LogP contribution >= 0.6 is 11.3 Å². The maximum atomic E-state index is 12.3. The molecule has 2 amide bonds. The summed E-state index contributed by atoms with van der Waals surface area (Å²) in [6, 6.07) is 7.41. The first-order valence-corrected chi connectivity index (χ1v) is 10.8. The molecule has 164 valence electrons. The van der Waals surface area contributed by atoms with E-state index in [1.807, 2.05) is 24.3 Å². The van der Waals surface area contributed by atoms with E-state index in [9.17, 15) is 19.5 Å². The van der Waals surface area contributed by atoms with Gasteiger partial charge in [0.25, 0.3) is 5.91 Å². The zero-order valence-electron chi connectivity index (χ0n) is 16.7. The summed E-state index contributed by atoms with van der Waals surface area (Å²) in [5.41, 5.74) is 7.15. The van der Waals surface area contributed by atoms with Gasteiger partial charge in [-0.1, -0.05) is 11.3 Å². The summed E-state index contributed by atoms with van der Waals surface area (Å²) in [6.45, 7) is 1.78. The van der Waals surface area contributed by atoms with Crippen molar-refractivity contribution < 1.29 is 24.2 Å². The van der Waals surface area contributed by atoms with Crippen molar-refractivity contribution in [3.63, 3.8) is 0 Å². The van der Waals surface area contributed by atoms with Gasteiger partial charge in [0.15, 0.2) is 5.13 Å². The van der Waals surface area contributed by atoms with E-state index in [0.717, 1.165) is 30.0 Å². The second-order valence-corrected chi connectivity index (χ2v) is 8.59. The van der Waals surface area contributed by atoms with E-state index in [0.29, 0.717) is 35.2 Å². The van der Waals surface area contributed by atoms with E-state index in [2.05, 4.69) is 15.2 Å². The Kier molecular flexibility index (Phi) is 5.94. The number of thiazole rings is 1. The normalized spacial score (nSPS) is 21.1. The van der Waals surface area contributed by atoms with Crippen LogP contribution in [0.15, 0.2) is 30.5 Å². The van der Waals surface area contributed by atoms with Crippen molar-refractivity contribution in [2.45, 2.75) is 18.9 Å². The number of carboxylic acid groups (broad SMARTS) is 1. The Labute approximate surface area is 182 Å². The molecule has 2 saturated heterocycles. The third-order valence-electron chi connectivity index (χ3n) is 5.41. The zero-order chi connectivity index (χ0) is 22.0. The van der Waals surface area contributed by atoms with E-state index in [-0.39, 0.29) is 18.4 Å². The molecule has 0 spiro atoms. The number of anilines is 3. The van der Waals surface area contributed by atoms with Gasteiger partial charge in [0.2, 0.25) is 0 Å². The lowest BCUT2D eigenvalue weighted by Crippen LogP contribution is -2.38. The number of carboxylic acids is 1. The summed E-state index contributed by atoms with van der Waals surface area (Å²) in [6.07, 6.45) is 1.99. The molecule has 1 unspecified atom stereocenters. The first-order valence-electron chi connectivity index (χ1n) is 9.96. The highest BCUT2D eigenvalue weighted by Crippen LogP contribution is 2.28. The number of nitrogen functional groups attached to an aromatic ring is 1. The van der Waals surface area contributed by atoms with Crippen LogP contribution in [0.1, 0.15) is 22.5 Å². The van der Waals surface area contributed by atoms with Gasteiger partial charge in [0.1, 0.15) is 11.0 Å². The molecule has 0 radical (unpaired) electrons. The third-order valence-corrected chi connectivity index (χ3v) is 6.23. The maximum absolute atomic E-state index is 12.3. The number of cyclic esters (lactones) is 1. The quantitative estimate of drug-likeness (QED) is 0.612. The van der Waals surface area contributed by atoms with Crippen LogP contribution in [0.2, 0.25) is 0 Å². The number of nitrogens with one attached hydrogen (secondary N) is 1. The smallest absolute Gasteiger partial charge is 0.414 e. The van der Waals surface area contributed by atoms with Gasteiger partial charge < -0.3 is 25.8 Å². The van der Waals surface area contributed by atoms with Crippen molar-refractivity contribution >= 4 is 45.8 Å². The molecule has 10 nitrogen and oxygen atoms in total. The number of hydrogen-bond acceptors (Lipinski definition) is 8. The minimum absolute atomic E-state index is 0.182. The van der Waals surface area contributed by atoms with Crippen molar-refractivity contribution in [2.75, 3.05) is 41.7 Å². The molecule has 0 aliphatic carbocycles. The molecule has 4 rings (SSSR count). The van der Waals surface area contributed by atoms with Crippen molar-refractivity contribution in [2.24, 2.45) is 5.92 Å². The number of carbonyl (C=O) groups is 3. The number of ether oxygens (including phenoxy) is 1. The fraction of sp³-hybridized carbons (Fsp3) is 0.400. The molecule has 1 aromatic carbocycles. The molecule has 2 aromatic rings. The van der Waals surface area contributed by atoms with Crippen LogP contribution in [-0.2, 0) is 9.53 Å². The predicted molar refractivity (Wildman–Crippen MR) is 115 cm³/mol. The van der Waals surface area contributed by atoms with Crippen molar-refractivity contribution in [3.05, 3.63) is 35.3 Å². The summed E-state index contributed by atoms with van der Waals surface area (Å²) < 4.78 is 5.37. The monoisotopic (exact) mass is 445 g/mol. The van der Waals surface area contributed by atoms with E-state index >= 15 is 0 Å². The first-order chi connectivity index (χ1) is 14.9. The number of hydrogen-bond donors (Lipinski definition) is 3. The average Bonchev–Trinajstić information content (AvgIpc) is 3.37. The number of nitrogens with zero attached hydrogens (tertiary/aromatic N) is 3. The van der Waals surface area contributed by atoms with Crippen LogP contribution in [-0.4, -0.2) is 60.3 Å². The summed E-state index contributed by atoms with van der Waals surface area (Å²) in [5, 5.41) is 12.3. The molecular weight excluding hydrogens is 422 g/mol. The molecule has 31 heavy (non-hydrogen) atoms. The molecule has 2 aliphatic rings. The summed E-state index contributed by atoms with van der Waals surface area (Å²) in [5.74, 6) is -1.44. The number of amides is 2. The fourth-order valence-corrected chi connectivity index (χ4v) is 4.38. The SMILES string of the molecule is Nc1ncc(C(=O)NC[C@H]2CN(c3ccc(N4CCCC(C(=O)O)C4)cc3)C(=O)O2)s1. The fourth-order valence-electron chi connectivity index (χ4n) is 3.78. The highest BCUT2D eigenvalue weighted by Gasteiger charge is 2.33. The van der Waals surface area contributed by atoms with E-state index in [4.69, 9.17) is 10.5 Å². The van der Waals surface area contributed by atoms with Crippen LogP contribution in [0.3, 0.4) is 0 Å². The molecule has 0 saturated carbocycles. The average molecular weight is 446 g/mol. The standard InChI is InChI=1S/C20H23N5O5S/c21-19-23-9-16(31-19)17(26)22-8-15-11-25(20(29)30-15)14-5-3-13(4-6-14)24-7-1-2-12(10-24)18(27)28/h3-6,9,12,15H,1-2,7-8,10-11H2,(H2,21,23)(H,22,26)(H,27,28)/t12?,15-/m0/s1. The lowest BCUT2D eigenvalue weighted by Gasteiger charge is -2.32. The Morgan fingerprint density at radius 1 is 1.26 bits per heavy atom. The van der Waals surface area contributed by atoms with Crippen molar-refractivity contribution in [1.29, 1.82) is 0 Å². The zero-order valence-corrected chi connectivity index (χ0v) is 17.5. The third kappa shape index (κ3) is 4.71. The van der Waals surface area contributed by atoms with Crippen LogP contribution in [0.25, 0.3) is 0 Å². The van der Waals surface area contributed by atoms with Crippen molar-refractivity contribution in [1.82, 2.24) is 10.3 Å². The topological polar surface area (TPSA) is 138 Å². The number of nitrogens with two attached hydrogens (primary N) is 1. The lowest BCUT2D eigenvalue weighted by molar-refractivity contribution is -0.141. The molecule has 2 aliphatic heterocycles. The van der Waals surface area contributed by atoms with Crippen LogP contribution in [0, 0.1) is 5.92 Å². The number of carbonyl (C=O) groups excluding carboxylic acids is 2. The van der Waals surface area contributed by atoms with Gasteiger partial charge in [-0.15, -0.1) is 0 Å². The Morgan fingerprint density at radius 3 is 2.68 bits per heavy atom. The highest BCUT2D eigenvalue weighted by molar-refractivity contribution is 7.17. The van der Waals surface area contributed by atoms with Gasteiger partial charge in [0.05, 0.1) is 25.2 Å². The molecule has 4 N–H and O–H groups in total. The van der Waals surface area contributed by atoms with Gasteiger partial charge in [-0.25, -0.2) is 9.78 Å². The van der Waals surface area contributed by atoms with E-state index in [1.165, 1.54) is 11.1 Å². The molecule has 2 atom stereocenters. The van der Waals surface area contributed by atoms with Gasteiger partial charge in [-0.05, 0) is 37.1 Å². The van der Waals surface area contributed by atoms with Gasteiger partial charge in [-0.3, -0.25) is 14.5 Å². The number of rotatable bonds is 6. The van der Waals surface area contributed by atoms with Gasteiger partial charge in [0, 0.05) is 24.5 Å². The number of aromatic nitrogens is 1. The second kappa shape index (κ2) is 8.80. The summed E-state index contributed by atoms with van der Waals surface area (Å²) in [7, 11) is 0. The molecule has 1 aromatic heterocycles. The molecule has 2 fully saturated rings. The molecule has 11 heteroatoms. The van der Waals surface area contributed by atoms with Crippen LogP contribution in [0.5, 0.6) is 0 Å². The molecule has 3 heterocycles. The van der Waals surface area contributed by atoms with E-state index < -0.39 is 18.2 Å². The number of piperidine rings is 1. The Hall–Kier alpha value is -3.34. The predicted octanol–water partition coefficient (Wildman–Crippen LogP) is 1.78. The molecular formula is C20H23N5O5S. The maximum Gasteiger partial charge on any atom is 0.414 e. The first kappa shape index (κ1) is 20.9. The van der Waals surface area contributed by atoms with Gasteiger partial charge >= 0.3 is 12.1 Å². The summed E-state index contributed by atoms with van der Waals surface area (Å²) >= 11 is 1.09. The highest BCUT2D eigenvalue weighted by atomic mass is 32.1.